The number of nitrogens with zero attached hydrogens (tertiary/aromatic N) is 1. The molecule has 1 fully saturated rings. The van der Waals surface area contributed by atoms with Crippen LogP contribution in [-0.2, 0) is 9.59 Å². The summed E-state index contributed by atoms with van der Waals surface area (Å²) < 4.78 is 11.1. The number of para-hydroxylation sites is 2. The van der Waals surface area contributed by atoms with Crippen LogP contribution in [0.5, 0.6) is 17.2 Å². The Hall–Kier alpha value is -3.08. The first kappa shape index (κ1) is 16.4. The van der Waals surface area contributed by atoms with Gasteiger partial charge in [-0.05, 0) is 49.2 Å². The minimum atomic E-state index is -0.225. The van der Waals surface area contributed by atoms with E-state index in [1.807, 2.05) is 36.4 Å². The van der Waals surface area contributed by atoms with Crippen LogP contribution in [-0.4, -0.2) is 18.9 Å². The van der Waals surface area contributed by atoms with E-state index in [-0.39, 0.29) is 23.7 Å². The zero-order valence-corrected chi connectivity index (χ0v) is 14.4. The van der Waals surface area contributed by atoms with Crippen LogP contribution < -0.4 is 14.4 Å². The molecule has 132 valence electrons. The van der Waals surface area contributed by atoms with Gasteiger partial charge in [0.15, 0.2) is 11.5 Å². The van der Waals surface area contributed by atoms with E-state index in [0.717, 1.165) is 0 Å². The van der Waals surface area contributed by atoms with E-state index in [9.17, 15) is 9.59 Å². The summed E-state index contributed by atoms with van der Waals surface area (Å²) in [5.41, 5.74) is 0.585. The zero-order chi connectivity index (χ0) is 18.1. The molecule has 5 heteroatoms. The van der Waals surface area contributed by atoms with Crippen LogP contribution in [0.4, 0.5) is 5.69 Å². The molecule has 2 aromatic rings. The highest BCUT2D eigenvalue weighted by Crippen LogP contribution is 2.38. The number of ether oxygens (including phenoxy) is 2. The summed E-state index contributed by atoms with van der Waals surface area (Å²) in [5.74, 6) is 1.18. The van der Waals surface area contributed by atoms with E-state index in [1.165, 1.54) is 4.90 Å². The van der Waals surface area contributed by atoms with Gasteiger partial charge in [0, 0.05) is 0 Å². The lowest BCUT2D eigenvalue weighted by Gasteiger charge is -2.16. The molecule has 1 saturated heterocycles. The first-order valence-corrected chi connectivity index (χ1v) is 8.63. The largest absolute Gasteiger partial charge is 0.493 e. The smallest absolute Gasteiger partial charge is 0.238 e. The Bertz CT molecular complexity index is 846. The van der Waals surface area contributed by atoms with Crippen molar-refractivity contribution in [3.05, 3.63) is 60.7 Å². The summed E-state index contributed by atoms with van der Waals surface area (Å²) in [6.07, 6.45) is 5.25. The van der Waals surface area contributed by atoms with E-state index in [1.54, 1.807) is 31.4 Å². The molecule has 26 heavy (non-hydrogen) atoms. The molecule has 0 bridgehead atoms. The number of amides is 2. The quantitative estimate of drug-likeness (QED) is 0.620. The van der Waals surface area contributed by atoms with Crippen LogP contribution in [0.25, 0.3) is 0 Å². The van der Waals surface area contributed by atoms with Crippen LogP contribution >= 0.6 is 0 Å². The first-order valence-electron chi connectivity index (χ1n) is 8.63. The number of carbonyl (C=O) groups is 2. The van der Waals surface area contributed by atoms with Gasteiger partial charge in [0.2, 0.25) is 11.8 Å². The molecule has 0 radical (unpaired) electrons. The molecule has 2 atom stereocenters. The second kappa shape index (κ2) is 6.67. The molecule has 2 amide bonds. The first-order chi connectivity index (χ1) is 12.7. The van der Waals surface area contributed by atoms with Gasteiger partial charge in [-0.1, -0.05) is 24.3 Å². The number of imide groups is 1. The van der Waals surface area contributed by atoms with Crippen molar-refractivity contribution in [3.63, 3.8) is 0 Å². The Morgan fingerprint density at radius 1 is 0.846 bits per heavy atom. The topological polar surface area (TPSA) is 55.8 Å². The average molecular weight is 349 g/mol. The van der Waals surface area contributed by atoms with Gasteiger partial charge in [-0.2, -0.15) is 0 Å². The minimum Gasteiger partial charge on any atom is -0.493 e. The maximum atomic E-state index is 12.6. The van der Waals surface area contributed by atoms with Gasteiger partial charge in [-0.15, -0.1) is 0 Å². The van der Waals surface area contributed by atoms with Crippen molar-refractivity contribution in [2.24, 2.45) is 11.8 Å². The molecule has 1 heterocycles. The Labute approximate surface area is 151 Å². The van der Waals surface area contributed by atoms with Gasteiger partial charge in [0.25, 0.3) is 0 Å². The summed E-state index contributed by atoms with van der Waals surface area (Å²) >= 11 is 0. The third kappa shape index (κ3) is 2.75. The van der Waals surface area contributed by atoms with Crippen molar-refractivity contribution < 1.29 is 19.1 Å². The van der Waals surface area contributed by atoms with Crippen LogP contribution in [0.1, 0.15) is 12.8 Å². The van der Waals surface area contributed by atoms with Gasteiger partial charge in [0.1, 0.15) is 5.75 Å². The number of hydrogen-bond acceptors (Lipinski definition) is 4. The Kier molecular flexibility index (Phi) is 4.21. The number of fused-ring (bicyclic) bond motifs is 1. The Balaban J connectivity index is 1.55. The van der Waals surface area contributed by atoms with E-state index >= 15 is 0 Å². The van der Waals surface area contributed by atoms with Gasteiger partial charge < -0.3 is 9.47 Å². The van der Waals surface area contributed by atoms with Gasteiger partial charge >= 0.3 is 0 Å². The molecule has 0 spiro atoms. The average Bonchev–Trinajstić information content (AvgIpc) is 2.94. The fourth-order valence-electron chi connectivity index (χ4n) is 3.55. The highest BCUT2D eigenvalue weighted by atomic mass is 16.5. The SMILES string of the molecule is COc1ccccc1Oc1ccc(N2C(=O)[C@H]3CC=CC[C@H]3C2=O)cc1. The molecule has 0 N–H and O–H groups in total. The second-order valence-corrected chi connectivity index (χ2v) is 6.41. The molecule has 0 unspecified atom stereocenters. The number of carbonyl (C=O) groups excluding carboxylic acids is 2. The van der Waals surface area contributed by atoms with Gasteiger partial charge in [0.05, 0.1) is 24.6 Å². The lowest BCUT2D eigenvalue weighted by molar-refractivity contribution is -0.122. The lowest BCUT2D eigenvalue weighted by atomic mass is 9.85. The molecule has 4 rings (SSSR count). The third-order valence-corrected chi connectivity index (χ3v) is 4.90. The number of benzene rings is 2. The molecular formula is C21H19NO4. The third-order valence-electron chi connectivity index (χ3n) is 4.90. The van der Waals surface area contributed by atoms with E-state index in [4.69, 9.17) is 9.47 Å². The van der Waals surface area contributed by atoms with Crippen LogP contribution in [0.3, 0.4) is 0 Å². The van der Waals surface area contributed by atoms with Crippen LogP contribution in [0.2, 0.25) is 0 Å². The fraction of sp³-hybridized carbons (Fsp3) is 0.238. The molecule has 0 saturated carbocycles. The molecule has 5 nitrogen and oxygen atoms in total. The number of methoxy groups -OCH3 is 1. The summed E-state index contributed by atoms with van der Waals surface area (Å²) in [6, 6.07) is 14.4. The zero-order valence-electron chi connectivity index (χ0n) is 14.4. The highest BCUT2D eigenvalue weighted by Gasteiger charge is 2.47. The molecule has 0 aromatic heterocycles. The standard InChI is InChI=1S/C21H19NO4/c1-25-18-8-4-5-9-19(18)26-15-12-10-14(11-13-15)22-20(23)16-6-2-3-7-17(16)21(22)24/h2-5,8-13,16-17H,6-7H2,1H3/t16-,17+. The molecule has 1 aliphatic carbocycles. The van der Waals surface area contributed by atoms with Crippen molar-refractivity contribution in [3.8, 4) is 17.2 Å². The van der Waals surface area contributed by atoms with Crippen molar-refractivity contribution in [2.75, 3.05) is 12.0 Å². The van der Waals surface area contributed by atoms with Crippen molar-refractivity contribution in [1.29, 1.82) is 0 Å². The predicted molar refractivity (Wildman–Crippen MR) is 97.4 cm³/mol. The maximum absolute atomic E-state index is 12.6. The van der Waals surface area contributed by atoms with E-state index in [2.05, 4.69) is 0 Å². The van der Waals surface area contributed by atoms with Crippen LogP contribution in [0, 0.1) is 11.8 Å². The summed E-state index contributed by atoms with van der Waals surface area (Å²) in [4.78, 5) is 26.6. The number of hydrogen-bond donors (Lipinski definition) is 0. The van der Waals surface area contributed by atoms with Gasteiger partial charge in [-0.3, -0.25) is 14.5 Å². The van der Waals surface area contributed by atoms with Crippen LogP contribution in [0.15, 0.2) is 60.7 Å². The minimum absolute atomic E-state index is 0.109. The van der Waals surface area contributed by atoms with Crippen molar-refractivity contribution in [2.45, 2.75) is 12.8 Å². The summed E-state index contributed by atoms with van der Waals surface area (Å²) in [5, 5.41) is 0. The fourth-order valence-corrected chi connectivity index (χ4v) is 3.55. The van der Waals surface area contributed by atoms with E-state index < -0.39 is 0 Å². The number of allylic oxidation sites excluding steroid dienone is 2. The maximum Gasteiger partial charge on any atom is 0.238 e. The summed E-state index contributed by atoms with van der Waals surface area (Å²) in [7, 11) is 1.59. The normalized spacial score (nSPS) is 21.7. The van der Waals surface area contributed by atoms with Crippen molar-refractivity contribution in [1.82, 2.24) is 0 Å². The lowest BCUT2D eigenvalue weighted by Crippen LogP contribution is -2.30. The van der Waals surface area contributed by atoms with E-state index in [0.29, 0.717) is 35.8 Å². The Morgan fingerprint density at radius 3 is 2.00 bits per heavy atom. The summed E-state index contributed by atoms with van der Waals surface area (Å²) in [6.45, 7) is 0. The van der Waals surface area contributed by atoms with Crippen molar-refractivity contribution >= 4 is 17.5 Å². The molecule has 2 aromatic carbocycles. The monoisotopic (exact) mass is 349 g/mol. The molecular weight excluding hydrogens is 330 g/mol. The molecule has 2 aliphatic rings. The molecule has 1 aliphatic heterocycles. The highest BCUT2D eigenvalue weighted by molar-refractivity contribution is 6.22. The number of anilines is 1. The Morgan fingerprint density at radius 2 is 1.42 bits per heavy atom. The second-order valence-electron chi connectivity index (χ2n) is 6.41. The van der Waals surface area contributed by atoms with Gasteiger partial charge in [-0.25, -0.2) is 0 Å². The predicted octanol–water partition coefficient (Wildman–Crippen LogP) is 3.94. The number of rotatable bonds is 4.